The Labute approximate surface area is 127 Å². The molecular formula is C16H14N2O2S. The number of ether oxygens (including phenoxy) is 1. The van der Waals surface area contributed by atoms with Crippen LogP contribution in [0.3, 0.4) is 0 Å². The molecule has 0 saturated heterocycles. The highest BCUT2D eigenvalue weighted by Gasteiger charge is 2.04. The van der Waals surface area contributed by atoms with E-state index in [4.69, 9.17) is 10.00 Å². The van der Waals surface area contributed by atoms with Gasteiger partial charge in [-0.3, -0.25) is 4.79 Å². The topological polar surface area (TPSA) is 62.1 Å². The summed E-state index contributed by atoms with van der Waals surface area (Å²) in [5.74, 6) is 1.04. The van der Waals surface area contributed by atoms with Gasteiger partial charge in [-0.1, -0.05) is 0 Å². The molecule has 4 nitrogen and oxygen atoms in total. The van der Waals surface area contributed by atoms with Crippen LogP contribution < -0.4 is 10.1 Å². The Bertz CT molecular complexity index is 645. The van der Waals surface area contributed by atoms with Gasteiger partial charge in [0.2, 0.25) is 5.91 Å². The maximum atomic E-state index is 11.8. The number of anilines is 1. The fraction of sp³-hybridized carbons (Fsp3) is 0.125. The molecule has 2 rings (SSSR count). The van der Waals surface area contributed by atoms with Crippen molar-refractivity contribution < 1.29 is 9.53 Å². The lowest BCUT2D eigenvalue weighted by Gasteiger charge is -2.06. The van der Waals surface area contributed by atoms with Crippen molar-refractivity contribution in [2.45, 2.75) is 4.90 Å². The summed E-state index contributed by atoms with van der Waals surface area (Å²) in [7, 11) is 1.62. The molecule has 0 heterocycles. The summed E-state index contributed by atoms with van der Waals surface area (Å²) in [5.41, 5.74) is 1.26. The normalized spacial score (nSPS) is 9.71. The molecule has 2 aromatic carbocycles. The Morgan fingerprint density at radius 3 is 2.43 bits per heavy atom. The van der Waals surface area contributed by atoms with Gasteiger partial charge < -0.3 is 10.1 Å². The van der Waals surface area contributed by atoms with Gasteiger partial charge in [-0.25, -0.2) is 0 Å². The average Bonchev–Trinajstić information content (AvgIpc) is 2.54. The number of hydrogen-bond acceptors (Lipinski definition) is 4. The molecule has 0 radical (unpaired) electrons. The number of thioether (sulfide) groups is 1. The molecule has 21 heavy (non-hydrogen) atoms. The Morgan fingerprint density at radius 1 is 1.19 bits per heavy atom. The number of benzene rings is 2. The average molecular weight is 298 g/mol. The van der Waals surface area contributed by atoms with Crippen molar-refractivity contribution in [2.24, 2.45) is 0 Å². The number of nitriles is 1. The van der Waals surface area contributed by atoms with Crippen LogP contribution in [0.15, 0.2) is 53.4 Å². The quantitative estimate of drug-likeness (QED) is 0.860. The summed E-state index contributed by atoms with van der Waals surface area (Å²) in [6.07, 6.45) is 0. The minimum atomic E-state index is -0.0828. The van der Waals surface area contributed by atoms with Crippen molar-refractivity contribution in [3.8, 4) is 11.8 Å². The van der Waals surface area contributed by atoms with E-state index in [1.54, 1.807) is 31.4 Å². The minimum absolute atomic E-state index is 0.0828. The van der Waals surface area contributed by atoms with Crippen LogP contribution in [0.5, 0.6) is 5.75 Å². The first kappa shape index (κ1) is 14.9. The molecule has 0 unspecified atom stereocenters. The van der Waals surface area contributed by atoms with E-state index in [2.05, 4.69) is 5.32 Å². The van der Waals surface area contributed by atoms with E-state index in [9.17, 15) is 4.79 Å². The molecule has 0 fully saturated rings. The number of rotatable bonds is 5. The molecule has 0 aromatic heterocycles. The highest BCUT2D eigenvalue weighted by atomic mass is 32.2. The molecule has 0 atom stereocenters. The second-order valence-corrected chi connectivity index (χ2v) is 5.25. The number of carbonyl (C=O) groups excluding carboxylic acids is 1. The van der Waals surface area contributed by atoms with Crippen LogP contribution in [-0.4, -0.2) is 18.8 Å². The third-order valence-electron chi connectivity index (χ3n) is 2.73. The van der Waals surface area contributed by atoms with E-state index in [1.807, 2.05) is 30.3 Å². The summed E-state index contributed by atoms with van der Waals surface area (Å²) < 4.78 is 5.08. The van der Waals surface area contributed by atoms with Crippen LogP contribution in [-0.2, 0) is 4.79 Å². The van der Waals surface area contributed by atoms with Gasteiger partial charge in [0, 0.05) is 10.6 Å². The van der Waals surface area contributed by atoms with Gasteiger partial charge in [0.1, 0.15) is 5.75 Å². The lowest BCUT2D eigenvalue weighted by atomic mass is 10.2. The van der Waals surface area contributed by atoms with Gasteiger partial charge in [0.15, 0.2) is 0 Å². The molecule has 2 aromatic rings. The molecule has 0 bridgehead atoms. The number of nitrogens with zero attached hydrogens (tertiary/aromatic N) is 1. The van der Waals surface area contributed by atoms with E-state index in [-0.39, 0.29) is 5.91 Å². The van der Waals surface area contributed by atoms with Crippen molar-refractivity contribution in [2.75, 3.05) is 18.2 Å². The van der Waals surface area contributed by atoms with Crippen molar-refractivity contribution in [3.63, 3.8) is 0 Å². The number of nitrogens with one attached hydrogen (secondary N) is 1. The standard InChI is InChI=1S/C16H14N2O2S/c1-20-14-6-8-15(9-7-14)21-11-16(19)18-13-4-2-12(10-17)3-5-13/h2-9H,11H2,1H3,(H,18,19). The Balaban J connectivity index is 1.85. The summed E-state index contributed by atoms with van der Waals surface area (Å²) in [6, 6.07) is 16.4. The predicted octanol–water partition coefficient (Wildman–Crippen LogP) is 3.30. The zero-order valence-corrected chi connectivity index (χ0v) is 12.3. The Morgan fingerprint density at radius 2 is 1.86 bits per heavy atom. The molecule has 0 aliphatic rings. The van der Waals surface area contributed by atoms with Crippen LogP contribution in [0.4, 0.5) is 5.69 Å². The lowest BCUT2D eigenvalue weighted by molar-refractivity contribution is -0.113. The molecule has 0 aliphatic carbocycles. The summed E-state index contributed by atoms with van der Waals surface area (Å²) in [5, 5.41) is 11.5. The first-order chi connectivity index (χ1) is 10.2. The highest BCUT2D eigenvalue weighted by Crippen LogP contribution is 2.21. The lowest BCUT2D eigenvalue weighted by Crippen LogP contribution is -2.13. The second kappa shape index (κ2) is 7.36. The van der Waals surface area contributed by atoms with Gasteiger partial charge in [0.25, 0.3) is 0 Å². The first-order valence-corrected chi connectivity index (χ1v) is 7.26. The minimum Gasteiger partial charge on any atom is -0.497 e. The summed E-state index contributed by atoms with van der Waals surface area (Å²) in [4.78, 5) is 12.8. The molecule has 1 N–H and O–H groups in total. The number of carbonyl (C=O) groups is 1. The first-order valence-electron chi connectivity index (χ1n) is 6.28. The maximum Gasteiger partial charge on any atom is 0.234 e. The van der Waals surface area contributed by atoms with Crippen molar-refractivity contribution in [3.05, 3.63) is 54.1 Å². The maximum absolute atomic E-state index is 11.8. The number of amides is 1. The van der Waals surface area contributed by atoms with Crippen molar-refractivity contribution >= 4 is 23.4 Å². The van der Waals surface area contributed by atoms with Gasteiger partial charge in [0.05, 0.1) is 24.5 Å². The summed E-state index contributed by atoms with van der Waals surface area (Å²) >= 11 is 1.45. The van der Waals surface area contributed by atoms with Gasteiger partial charge in [-0.05, 0) is 48.5 Å². The molecule has 0 saturated carbocycles. The third-order valence-corrected chi connectivity index (χ3v) is 3.74. The van der Waals surface area contributed by atoms with Crippen molar-refractivity contribution in [1.82, 2.24) is 0 Å². The van der Waals surface area contributed by atoms with Crippen LogP contribution in [0.25, 0.3) is 0 Å². The third kappa shape index (κ3) is 4.55. The van der Waals surface area contributed by atoms with E-state index in [1.165, 1.54) is 11.8 Å². The van der Waals surface area contributed by atoms with E-state index < -0.39 is 0 Å². The zero-order valence-electron chi connectivity index (χ0n) is 11.5. The molecule has 0 spiro atoms. The second-order valence-electron chi connectivity index (χ2n) is 4.20. The van der Waals surface area contributed by atoms with Gasteiger partial charge in [-0.2, -0.15) is 5.26 Å². The number of methoxy groups -OCH3 is 1. The van der Waals surface area contributed by atoms with Crippen LogP contribution in [0, 0.1) is 11.3 Å². The Kier molecular flexibility index (Phi) is 5.24. The van der Waals surface area contributed by atoms with E-state index in [0.717, 1.165) is 10.6 Å². The highest BCUT2D eigenvalue weighted by molar-refractivity contribution is 8.00. The van der Waals surface area contributed by atoms with Crippen molar-refractivity contribution in [1.29, 1.82) is 5.26 Å². The van der Waals surface area contributed by atoms with Crippen LogP contribution in [0.2, 0.25) is 0 Å². The predicted molar refractivity (Wildman–Crippen MR) is 83.5 cm³/mol. The van der Waals surface area contributed by atoms with Gasteiger partial charge >= 0.3 is 0 Å². The van der Waals surface area contributed by atoms with E-state index in [0.29, 0.717) is 17.0 Å². The molecule has 5 heteroatoms. The fourth-order valence-electron chi connectivity index (χ4n) is 1.65. The SMILES string of the molecule is COc1ccc(SCC(=O)Nc2ccc(C#N)cc2)cc1. The van der Waals surface area contributed by atoms with Gasteiger partial charge in [-0.15, -0.1) is 11.8 Å². The molecule has 1 amide bonds. The monoisotopic (exact) mass is 298 g/mol. The van der Waals surface area contributed by atoms with Crippen LogP contribution in [0.1, 0.15) is 5.56 Å². The molecule has 106 valence electrons. The van der Waals surface area contributed by atoms with E-state index >= 15 is 0 Å². The number of hydrogen-bond donors (Lipinski definition) is 1. The smallest absolute Gasteiger partial charge is 0.234 e. The molecule has 0 aliphatic heterocycles. The summed E-state index contributed by atoms with van der Waals surface area (Å²) in [6.45, 7) is 0. The van der Waals surface area contributed by atoms with Crippen LogP contribution >= 0.6 is 11.8 Å². The zero-order chi connectivity index (χ0) is 15.1. The largest absolute Gasteiger partial charge is 0.497 e. The fourth-order valence-corrected chi connectivity index (χ4v) is 2.34. The molecular weight excluding hydrogens is 284 g/mol. The Hall–Kier alpha value is -2.45.